The summed E-state index contributed by atoms with van der Waals surface area (Å²) < 4.78 is 5.99. The van der Waals surface area contributed by atoms with E-state index in [1.165, 1.54) is 44.1 Å². The lowest BCUT2D eigenvalue weighted by Crippen LogP contribution is -2.42. The zero-order valence-corrected chi connectivity index (χ0v) is 13.1. The van der Waals surface area contributed by atoms with Crippen LogP contribution in [-0.4, -0.2) is 40.7 Å². The van der Waals surface area contributed by atoms with E-state index in [0.717, 1.165) is 38.0 Å². The second-order valence-electron chi connectivity index (χ2n) is 6.61. The molecule has 4 nitrogen and oxygen atoms in total. The van der Waals surface area contributed by atoms with Crippen LogP contribution in [0.15, 0.2) is 12.4 Å². The number of ether oxygens (including phenoxy) is 1. The van der Waals surface area contributed by atoms with E-state index >= 15 is 0 Å². The van der Waals surface area contributed by atoms with Crippen molar-refractivity contribution in [2.45, 2.75) is 58.1 Å². The molecule has 1 saturated carbocycles. The minimum atomic E-state index is 0.424. The number of nitrogens with zero attached hydrogens (tertiary/aromatic N) is 3. The first-order chi connectivity index (χ1) is 10.3. The summed E-state index contributed by atoms with van der Waals surface area (Å²) >= 11 is 0. The fraction of sp³-hybridized carbons (Fsp3) is 0.765. The van der Waals surface area contributed by atoms with E-state index in [0.29, 0.717) is 6.10 Å². The standard InChI is InChI=1S/C17H27N3O/c1-14-18-10-16(11-19-14)12-20-7-8-21-17(13-20)9-15-5-3-2-4-6-15/h10-11,15,17H,2-9,12-13H2,1H3/t17-/m0/s1. The maximum atomic E-state index is 5.99. The lowest BCUT2D eigenvalue weighted by atomic mass is 9.85. The van der Waals surface area contributed by atoms with E-state index in [2.05, 4.69) is 14.9 Å². The van der Waals surface area contributed by atoms with Crippen molar-refractivity contribution >= 4 is 0 Å². The highest BCUT2D eigenvalue weighted by Crippen LogP contribution is 2.29. The molecule has 1 saturated heterocycles. The van der Waals surface area contributed by atoms with Crippen LogP contribution in [0, 0.1) is 12.8 Å². The molecule has 3 rings (SSSR count). The average molecular weight is 289 g/mol. The van der Waals surface area contributed by atoms with Gasteiger partial charge in [0.15, 0.2) is 0 Å². The van der Waals surface area contributed by atoms with Gasteiger partial charge in [0, 0.05) is 37.6 Å². The van der Waals surface area contributed by atoms with Gasteiger partial charge in [-0.1, -0.05) is 32.1 Å². The normalized spacial score (nSPS) is 25.1. The Morgan fingerprint density at radius 3 is 2.71 bits per heavy atom. The largest absolute Gasteiger partial charge is 0.376 e. The molecule has 0 aromatic carbocycles. The second kappa shape index (κ2) is 7.32. The highest BCUT2D eigenvalue weighted by molar-refractivity contribution is 5.04. The van der Waals surface area contributed by atoms with Crippen LogP contribution in [0.1, 0.15) is 49.9 Å². The third kappa shape index (κ3) is 4.48. The van der Waals surface area contributed by atoms with Crippen molar-refractivity contribution in [3.05, 3.63) is 23.8 Å². The highest BCUT2D eigenvalue weighted by atomic mass is 16.5. The Labute approximate surface area is 127 Å². The lowest BCUT2D eigenvalue weighted by molar-refractivity contribution is -0.0439. The van der Waals surface area contributed by atoms with E-state index in [-0.39, 0.29) is 0 Å². The quantitative estimate of drug-likeness (QED) is 0.854. The number of hydrogen-bond acceptors (Lipinski definition) is 4. The topological polar surface area (TPSA) is 38.2 Å². The lowest BCUT2D eigenvalue weighted by Gasteiger charge is -2.35. The predicted molar refractivity (Wildman–Crippen MR) is 83.0 cm³/mol. The second-order valence-corrected chi connectivity index (χ2v) is 6.61. The van der Waals surface area contributed by atoms with E-state index in [1.807, 2.05) is 19.3 Å². The van der Waals surface area contributed by atoms with Crippen LogP contribution in [0.4, 0.5) is 0 Å². The fourth-order valence-corrected chi connectivity index (χ4v) is 3.62. The molecule has 2 fully saturated rings. The molecule has 4 heteroatoms. The summed E-state index contributed by atoms with van der Waals surface area (Å²) in [5, 5.41) is 0. The summed E-state index contributed by atoms with van der Waals surface area (Å²) in [6.07, 6.45) is 12.7. The number of aromatic nitrogens is 2. The Bertz CT molecular complexity index is 428. The van der Waals surface area contributed by atoms with Gasteiger partial charge >= 0.3 is 0 Å². The highest BCUT2D eigenvalue weighted by Gasteiger charge is 2.24. The molecule has 116 valence electrons. The third-order valence-electron chi connectivity index (χ3n) is 4.78. The maximum Gasteiger partial charge on any atom is 0.125 e. The Morgan fingerprint density at radius 1 is 1.19 bits per heavy atom. The van der Waals surface area contributed by atoms with Gasteiger partial charge in [0.2, 0.25) is 0 Å². The molecule has 0 unspecified atom stereocenters. The summed E-state index contributed by atoms with van der Waals surface area (Å²) in [5.74, 6) is 1.74. The molecule has 0 bridgehead atoms. The molecule has 2 heterocycles. The molecule has 0 radical (unpaired) electrons. The Morgan fingerprint density at radius 2 is 1.95 bits per heavy atom. The molecule has 1 atom stereocenters. The van der Waals surface area contributed by atoms with Crippen LogP contribution in [-0.2, 0) is 11.3 Å². The fourth-order valence-electron chi connectivity index (χ4n) is 3.62. The van der Waals surface area contributed by atoms with Gasteiger partial charge in [-0.15, -0.1) is 0 Å². The summed E-state index contributed by atoms with van der Waals surface area (Å²) in [4.78, 5) is 11.1. The Balaban J connectivity index is 1.49. The first-order valence-electron chi connectivity index (χ1n) is 8.41. The van der Waals surface area contributed by atoms with Gasteiger partial charge in [-0.25, -0.2) is 9.97 Å². The van der Waals surface area contributed by atoms with E-state index < -0.39 is 0 Å². The predicted octanol–water partition coefficient (Wildman–Crippen LogP) is 2.96. The van der Waals surface area contributed by atoms with E-state index in [4.69, 9.17) is 4.74 Å². The molecular formula is C17H27N3O. The monoisotopic (exact) mass is 289 g/mol. The van der Waals surface area contributed by atoms with Crippen LogP contribution in [0.3, 0.4) is 0 Å². The Kier molecular flexibility index (Phi) is 5.20. The molecule has 2 aliphatic rings. The number of morpholine rings is 1. The first-order valence-corrected chi connectivity index (χ1v) is 8.41. The van der Waals surface area contributed by atoms with Crippen molar-refractivity contribution in [3.8, 4) is 0 Å². The van der Waals surface area contributed by atoms with E-state index in [9.17, 15) is 0 Å². The molecule has 1 aliphatic heterocycles. The average Bonchev–Trinajstić information content (AvgIpc) is 2.51. The SMILES string of the molecule is Cc1ncc(CN2CCO[C@@H](CC3CCCCC3)C2)cn1. The molecule has 1 aromatic rings. The number of hydrogen-bond donors (Lipinski definition) is 0. The third-order valence-corrected chi connectivity index (χ3v) is 4.78. The minimum Gasteiger partial charge on any atom is -0.376 e. The van der Waals surface area contributed by atoms with E-state index in [1.54, 1.807) is 0 Å². The smallest absolute Gasteiger partial charge is 0.125 e. The van der Waals surface area contributed by atoms with Gasteiger partial charge in [0.05, 0.1) is 12.7 Å². The van der Waals surface area contributed by atoms with Gasteiger partial charge in [0.1, 0.15) is 5.82 Å². The molecular weight excluding hydrogens is 262 g/mol. The molecule has 1 aliphatic carbocycles. The van der Waals surface area contributed by atoms with Crippen LogP contribution >= 0.6 is 0 Å². The Hall–Kier alpha value is -1.00. The molecule has 0 spiro atoms. The van der Waals surface area contributed by atoms with Crippen molar-refractivity contribution in [1.29, 1.82) is 0 Å². The van der Waals surface area contributed by atoms with Crippen molar-refractivity contribution < 1.29 is 4.74 Å². The van der Waals surface area contributed by atoms with Crippen molar-refractivity contribution in [2.24, 2.45) is 5.92 Å². The van der Waals surface area contributed by atoms with Crippen molar-refractivity contribution in [2.75, 3.05) is 19.7 Å². The summed E-state index contributed by atoms with van der Waals surface area (Å²) in [6.45, 7) is 5.83. The van der Waals surface area contributed by atoms with Gasteiger partial charge in [0.25, 0.3) is 0 Å². The van der Waals surface area contributed by atoms with Crippen molar-refractivity contribution in [3.63, 3.8) is 0 Å². The van der Waals surface area contributed by atoms with Gasteiger partial charge < -0.3 is 4.74 Å². The van der Waals surface area contributed by atoms with Gasteiger partial charge in [-0.3, -0.25) is 4.90 Å². The number of rotatable bonds is 4. The molecule has 0 N–H and O–H groups in total. The van der Waals surface area contributed by atoms with Crippen LogP contribution in [0.5, 0.6) is 0 Å². The van der Waals surface area contributed by atoms with Crippen molar-refractivity contribution in [1.82, 2.24) is 14.9 Å². The minimum absolute atomic E-state index is 0.424. The molecule has 1 aromatic heterocycles. The van der Waals surface area contributed by atoms with Gasteiger partial charge in [-0.2, -0.15) is 0 Å². The maximum absolute atomic E-state index is 5.99. The summed E-state index contributed by atoms with van der Waals surface area (Å²) in [6, 6.07) is 0. The zero-order valence-electron chi connectivity index (χ0n) is 13.1. The molecule has 0 amide bonds. The molecule has 21 heavy (non-hydrogen) atoms. The first kappa shape index (κ1) is 14.9. The van der Waals surface area contributed by atoms with Crippen LogP contribution in [0.2, 0.25) is 0 Å². The van der Waals surface area contributed by atoms with Crippen LogP contribution < -0.4 is 0 Å². The number of aryl methyl sites for hydroxylation is 1. The summed E-state index contributed by atoms with van der Waals surface area (Å²) in [7, 11) is 0. The van der Waals surface area contributed by atoms with Gasteiger partial charge in [-0.05, 0) is 19.3 Å². The zero-order chi connectivity index (χ0) is 14.5. The summed E-state index contributed by atoms with van der Waals surface area (Å²) in [5.41, 5.74) is 1.21. The van der Waals surface area contributed by atoms with Crippen LogP contribution in [0.25, 0.3) is 0 Å².